The molecule has 22 heavy (non-hydrogen) atoms. The maximum atomic E-state index is 12.2. The van der Waals surface area contributed by atoms with Gasteiger partial charge in [0.2, 0.25) is 0 Å². The molecular weight excluding hydrogens is 286 g/mol. The van der Waals surface area contributed by atoms with Crippen LogP contribution in [0.1, 0.15) is 24.2 Å². The zero-order valence-corrected chi connectivity index (χ0v) is 12.3. The van der Waals surface area contributed by atoms with Gasteiger partial charge in [0.25, 0.3) is 11.6 Å². The Hall–Kier alpha value is -2.54. The highest BCUT2D eigenvalue weighted by Crippen LogP contribution is 2.26. The monoisotopic (exact) mass is 303 g/mol. The molecule has 0 aliphatic rings. The molecule has 0 radical (unpaired) electrons. The summed E-state index contributed by atoms with van der Waals surface area (Å²) in [5.41, 5.74) is 0.423. The average molecular weight is 303 g/mol. The van der Waals surface area contributed by atoms with Crippen molar-refractivity contribution in [2.45, 2.75) is 20.0 Å². The maximum absolute atomic E-state index is 12.2. The van der Waals surface area contributed by atoms with Gasteiger partial charge in [0.15, 0.2) is 0 Å². The number of carbonyl (C=O) groups is 1. The minimum Gasteiger partial charge on any atom is -0.391 e. The molecule has 0 aliphatic carbocycles. The number of hydrogen-bond acceptors (Lipinski definition) is 5. The van der Waals surface area contributed by atoms with Crippen LogP contribution in [0.4, 0.5) is 5.69 Å². The van der Waals surface area contributed by atoms with E-state index >= 15 is 0 Å². The number of rotatable bonds is 5. The van der Waals surface area contributed by atoms with E-state index in [4.69, 9.17) is 0 Å². The van der Waals surface area contributed by atoms with E-state index in [2.05, 4.69) is 10.3 Å². The van der Waals surface area contributed by atoms with Crippen molar-refractivity contribution in [2.75, 3.05) is 6.54 Å². The van der Waals surface area contributed by atoms with Crippen LogP contribution in [0.5, 0.6) is 0 Å². The van der Waals surface area contributed by atoms with Gasteiger partial charge in [0.1, 0.15) is 0 Å². The van der Waals surface area contributed by atoms with Crippen LogP contribution in [-0.4, -0.2) is 33.6 Å². The summed E-state index contributed by atoms with van der Waals surface area (Å²) in [4.78, 5) is 26.8. The lowest BCUT2D eigenvalue weighted by molar-refractivity contribution is -0.383. The van der Waals surface area contributed by atoms with Crippen molar-refractivity contribution in [1.82, 2.24) is 10.3 Å². The third kappa shape index (κ3) is 3.20. The molecule has 0 saturated carbocycles. The number of carbonyl (C=O) groups excluding carboxylic acids is 1. The fourth-order valence-corrected chi connectivity index (χ4v) is 2.03. The van der Waals surface area contributed by atoms with Gasteiger partial charge in [-0.1, -0.05) is 13.8 Å². The molecule has 7 nitrogen and oxygen atoms in total. The Bertz CT molecular complexity index is 715. The van der Waals surface area contributed by atoms with Crippen molar-refractivity contribution in [3.8, 4) is 0 Å². The molecule has 0 saturated heterocycles. The molecule has 2 N–H and O–H groups in total. The Morgan fingerprint density at radius 3 is 2.77 bits per heavy atom. The topological polar surface area (TPSA) is 105 Å². The number of nitro benzene ring substituents is 1. The third-order valence-electron chi connectivity index (χ3n) is 3.43. The molecule has 2 aromatic rings. The molecule has 0 fully saturated rings. The molecule has 1 heterocycles. The fourth-order valence-electron chi connectivity index (χ4n) is 2.03. The number of aromatic nitrogens is 1. The first kappa shape index (κ1) is 15.8. The molecule has 0 spiro atoms. The average Bonchev–Trinajstić information content (AvgIpc) is 2.50. The van der Waals surface area contributed by atoms with Gasteiger partial charge in [-0.3, -0.25) is 19.9 Å². The largest absolute Gasteiger partial charge is 0.391 e. The molecule has 7 heteroatoms. The van der Waals surface area contributed by atoms with Gasteiger partial charge in [-0.25, -0.2) is 0 Å². The number of benzene rings is 1. The first-order valence-corrected chi connectivity index (χ1v) is 6.90. The van der Waals surface area contributed by atoms with Crippen LogP contribution < -0.4 is 5.32 Å². The quantitative estimate of drug-likeness (QED) is 0.648. The van der Waals surface area contributed by atoms with Crippen molar-refractivity contribution >= 4 is 22.5 Å². The molecule has 1 aromatic carbocycles. The number of pyridine rings is 1. The van der Waals surface area contributed by atoms with Gasteiger partial charge >= 0.3 is 0 Å². The van der Waals surface area contributed by atoms with Gasteiger partial charge in [-0.2, -0.15) is 0 Å². The highest BCUT2D eigenvalue weighted by atomic mass is 16.6. The summed E-state index contributed by atoms with van der Waals surface area (Å²) in [7, 11) is 0. The number of hydrogen-bond donors (Lipinski definition) is 2. The van der Waals surface area contributed by atoms with Crippen molar-refractivity contribution < 1.29 is 14.8 Å². The lowest BCUT2D eigenvalue weighted by Crippen LogP contribution is -2.34. The van der Waals surface area contributed by atoms with Crippen molar-refractivity contribution in [1.29, 1.82) is 0 Å². The second kappa shape index (κ2) is 6.48. The SMILES string of the molecule is CC(C)C(O)CNC(=O)c1ccc([N+](=O)[O-])c2cccnc12. The van der Waals surface area contributed by atoms with Gasteiger partial charge in [-0.15, -0.1) is 0 Å². The summed E-state index contributed by atoms with van der Waals surface area (Å²) in [5, 5.41) is 23.7. The molecule has 1 atom stereocenters. The first-order chi connectivity index (χ1) is 10.4. The summed E-state index contributed by atoms with van der Waals surface area (Å²) in [6, 6.07) is 5.81. The van der Waals surface area contributed by atoms with Crippen LogP contribution in [0.15, 0.2) is 30.5 Å². The molecule has 1 aromatic heterocycles. The Balaban J connectivity index is 2.34. The van der Waals surface area contributed by atoms with Crippen LogP contribution in [0.2, 0.25) is 0 Å². The molecule has 1 amide bonds. The van der Waals surface area contributed by atoms with E-state index in [1.54, 1.807) is 12.1 Å². The van der Waals surface area contributed by atoms with Crippen LogP contribution in [0.25, 0.3) is 10.9 Å². The lowest BCUT2D eigenvalue weighted by atomic mass is 10.1. The molecule has 0 aliphatic heterocycles. The predicted molar refractivity (Wildman–Crippen MR) is 81.6 cm³/mol. The molecule has 116 valence electrons. The zero-order valence-electron chi connectivity index (χ0n) is 12.3. The van der Waals surface area contributed by atoms with Crippen molar-refractivity contribution in [2.24, 2.45) is 5.92 Å². The number of amides is 1. The Kier molecular flexibility index (Phi) is 4.67. The van der Waals surface area contributed by atoms with E-state index in [-0.39, 0.29) is 29.2 Å². The number of aliphatic hydroxyl groups excluding tert-OH is 1. The van der Waals surface area contributed by atoms with Crippen LogP contribution in [-0.2, 0) is 0 Å². The fraction of sp³-hybridized carbons (Fsp3) is 0.333. The number of nitrogens with zero attached hydrogens (tertiary/aromatic N) is 2. The molecule has 0 bridgehead atoms. The van der Waals surface area contributed by atoms with E-state index in [0.29, 0.717) is 5.39 Å². The van der Waals surface area contributed by atoms with E-state index in [0.717, 1.165) is 0 Å². The highest BCUT2D eigenvalue weighted by molar-refractivity contribution is 6.07. The van der Waals surface area contributed by atoms with Crippen LogP contribution in [0, 0.1) is 16.0 Å². The Morgan fingerprint density at radius 1 is 1.41 bits per heavy atom. The number of non-ortho nitro benzene ring substituents is 1. The Labute approximate surface area is 127 Å². The summed E-state index contributed by atoms with van der Waals surface area (Å²) in [6.45, 7) is 3.81. The van der Waals surface area contributed by atoms with E-state index < -0.39 is 16.9 Å². The smallest absolute Gasteiger partial charge is 0.278 e. The van der Waals surface area contributed by atoms with Crippen LogP contribution >= 0.6 is 0 Å². The highest BCUT2D eigenvalue weighted by Gasteiger charge is 2.19. The van der Waals surface area contributed by atoms with Gasteiger partial charge in [-0.05, 0) is 24.1 Å². The minimum absolute atomic E-state index is 0.0204. The van der Waals surface area contributed by atoms with Gasteiger partial charge < -0.3 is 10.4 Å². The summed E-state index contributed by atoms with van der Waals surface area (Å²) < 4.78 is 0. The van der Waals surface area contributed by atoms with Crippen LogP contribution in [0.3, 0.4) is 0 Å². The summed E-state index contributed by atoms with van der Waals surface area (Å²) in [6.07, 6.45) is 0.826. The Morgan fingerprint density at radius 2 is 2.14 bits per heavy atom. The van der Waals surface area contributed by atoms with E-state index in [1.165, 1.54) is 18.3 Å². The normalized spacial score (nSPS) is 12.4. The van der Waals surface area contributed by atoms with Gasteiger partial charge in [0, 0.05) is 18.8 Å². The number of aliphatic hydroxyl groups is 1. The number of fused-ring (bicyclic) bond motifs is 1. The number of nitro groups is 1. The van der Waals surface area contributed by atoms with Crippen molar-refractivity contribution in [3.63, 3.8) is 0 Å². The third-order valence-corrected chi connectivity index (χ3v) is 3.43. The van der Waals surface area contributed by atoms with E-state index in [9.17, 15) is 20.0 Å². The maximum Gasteiger partial charge on any atom is 0.278 e. The predicted octanol–water partition coefficient (Wildman–Crippen LogP) is 1.89. The second-order valence-corrected chi connectivity index (χ2v) is 5.31. The first-order valence-electron chi connectivity index (χ1n) is 6.90. The summed E-state index contributed by atoms with van der Waals surface area (Å²) >= 11 is 0. The van der Waals surface area contributed by atoms with Gasteiger partial charge in [0.05, 0.1) is 27.5 Å². The number of nitrogens with one attached hydrogen (secondary N) is 1. The summed E-state index contributed by atoms with van der Waals surface area (Å²) in [5.74, 6) is -0.398. The lowest BCUT2D eigenvalue weighted by Gasteiger charge is -2.15. The zero-order chi connectivity index (χ0) is 16.3. The van der Waals surface area contributed by atoms with E-state index in [1.807, 2.05) is 13.8 Å². The molecule has 1 unspecified atom stereocenters. The second-order valence-electron chi connectivity index (χ2n) is 5.31. The minimum atomic E-state index is -0.652. The molecular formula is C15H17N3O4. The van der Waals surface area contributed by atoms with Crippen molar-refractivity contribution in [3.05, 3.63) is 46.1 Å². The molecule has 2 rings (SSSR count). The standard InChI is InChI=1S/C15H17N3O4/c1-9(2)13(19)8-17-15(20)11-5-6-12(18(21)22)10-4-3-7-16-14(10)11/h3-7,9,13,19H,8H2,1-2H3,(H,17,20).